The first-order valence-electron chi connectivity index (χ1n) is 11.0. The van der Waals surface area contributed by atoms with Gasteiger partial charge in [-0.15, -0.1) is 6.58 Å². The number of rotatable bonds is 3. The Hall–Kier alpha value is -2.20. The van der Waals surface area contributed by atoms with E-state index in [1.54, 1.807) is 6.08 Å². The van der Waals surface area contributed by atoms with Crippen LogP contribution in [0.2, 0.25) is 0 Å². The van der Waals surface area contributed by atoms with Crippen molar-refractivity contribution in [1.82, 2.24) is 0 Å². The number of allylic oxidation sites excluding steroid dienone is 1. The van der Waals surface area contributed by atoms with E-state index in [4.69, 9.17) is 9.47 Å². The van der Waals surface area contributed by atoms with Crippen molar-refractivity contribution >= 4 is 11.8 Å². The standard InChI is InChI=1S/C26H30O4/c1-6-24(5)14-29-23(28)26(24)22(27)21-19-18(15(2)3)13-12-16(4)20(19)25(21,30-26)17-10-8-7-9-11-17/h6-12,15,18-21H,1,13-14H2,2-5H3/t18-,19-,20+,21-,24-,25-,26-/m0/s1. The van der Waals surface area contributed by atoms with Gasteiger partial charge in [0.25, 0.3) is 0 Å². The van der Waals surface area contributed by atoms with Crippen LogP contribution < -0.4 is 0 Å². The molecule has 30 heavy (non-hydrogen) atoms. The Morgan fingerprint density at radius 2 is 1.87 bits per heavy atom. The van der Waals surface area contributed by atoms with Crippen molar-refractivity contribution in [2.24, 2.45) is 35.0 Å². The zero-order valence-corrected chi connectivity index (χ0v) is 18.2. The molecule has 0 N–H and O–H groups in total. The number of Topliss-reactive ketones (excluding diaryl/α,β-unsaturated/α-hetero) is 1. The van der Waals surface area contributed by atoms with Crippen LogP contribution >= 0.6 is 0 Å². The maximum absolute atomic E-state index is 14.2. The lowest BCUT2D eigenvalue weighted by atomic mass is 9.43. The van der Waals surface area contributed by atoms with Gasteiger partial charge in [0.2, 0.25) is 5.60 Å². The highest BCUT2D eigenvalue weighted by atomic mass is 16.6. The molecule has 1 saturated carbocycles. The summed E-state index contributed by atoms with van der Waals surface area (Å²) in [6, 6.07) is 10.0. The topological polar surface area (TPSA) is 52.6 Å². The van der Waals surface area contributed by atoms with Gasteiger partial charge >= 0.3 is 5.97 Å². The number of fused-ring (bicyclic) bond motifs is 4. The van der Waals surface area contributed by atoms with Crippen LogP contribution in [0.5, 0.6) is 0 Å². The molecular weight excluding hydrogens is 376 g/mol. The van der Waals surface area contributed by atoms with Crippen molar-refractivity contribution in [3.63, 3.8) is 0 Å². The second-order valence-electron chi connectivity index (χ2n) is 10.1. The molecule has 0 aromatic heterocycles. The van der Waals surface area contributed by atoms with Crippen LogP contribution in [-0.4, -0.2) is 24.0 Å². The Kier molecular flexibility index (Phi) is 4.06. The first-order valence-corrected chi connectivity index (χ1v) is 11.0. The molecule has 1 aromatic carbocycles. The van der Waals surface area contributed by atoms with Gasteiger partial charge < -0.3 is 9.47 Å². The number of hydrogen-bond acceptors (Lipinski definition) is 4. The minimum Gasteiger partial charge on any atom is -0.462 e. The summed E-state index contributed by atoms with van der Waals surface area (Å²) in [7, 11) is 0. The first-order chi connectivity index (χ1) is 14.2. The second kappa shape index (κ2) is 6.16. The Labute approximate surface area is 178 Å². The molecule has 2 aliphatic heterocycles. The van der Waals surface area contributed by atoms with Gasteiger partial charge in [-0.05, 0) is 43.6 Å². The fourth-order valence-corrected chi connectivity index (χ4v) is 6.83. The minimum absolute atomic E-state index is 0.0804. The molecule has 3 fully saturated rings. The summed E-state index contributed by atoms with van der Waals surface area (Å²) in [6.07, 6.45) is 4.95. The number of carbonyl (C=O) groups excluding carboxylic acids is 2. The van der Waals surface area contributed by atoms with E-state index in [0.717, 1.165) is 12.0 Å². The van der Waals surface area contributed by atoms with Crippen LogP contribution in [0.15, 0.2) is 54.6 Å². The number of carbonyl (C=O) groups is 2. The second-order valence-corrected chi connectivity index (χ2v) is 10.1. The largest absolute Gasteiger partial charge is 0.462 e. The third kappa shape index (κ3) is 2.01. The summed E-state index contributed by atoms with van der Waals surface area (Å²) in [5.74, 6) is 0.0566. The smallest absolute Gasteiger partial charge is 0.347 e. The van der Waals surface area contributed by atoms with Gasteiger partial charge in [-0.25, -0.2) is 4.79 Å². The number of cyclic esters (lactones) is 1. The summed E-state index contributed by atoms with van der Waals surface area (Å²) in [4.78, 5) is 27.3. The molecule has 2 heterocycles. The molecule has 1 spiro atoms. The lowest BCUT2D eigenvalue weighted by molar-refractivity contribution is -0.234. The third-order valence-electron chi connectivity index (χ3n) is 8.47. The summed E-state index contributed by atoms with van der Waals surface area (Å²) < 4.78 is 12.3. The molecule has 5 rings (SSSR count). The molecule has 1 aromatic rings. The van der Waals surface area contributed by atoms with Gasteiger partial charge in [0.1, 0.15) is 12.2 Å². The highest BCUT2D eigenvalue weighted by Gasteiger charge is 2.83. The quantitative estimate of drug-likeness (QED) is 0.423. The molecule has 7 atom stereocenters. The van der Waals surface area contributed by atoms with E-state index in [1.807, 2.05) is 37.3 Å². The Bertz CT molecular complexity index is 963. The average molecular weight is 407 g/mol. The van der Waals surface area contributed by atoms with Crippen molar-refractivity contribution in [3.05, 3.63) is 60.2 Å². The predicted octanol–water partition coefficient (Wildman–Crippen LogP) is 4.45. The van der Waals surface area contributed by atoms with Gasteiger partial charge in [-0.3, -0.25) is 4.79 Å². The maximum atomic E-state index is 14.2. The van der Waals surface area contributed by atoms with Gasteiger partial charge in [0.05, 0.1) is 11.3 Å². The van der Waals surface area contributed by atoms with Crippen molar-refractivity contribution in [2.45, 2.75) is 45.3 Å². The first kappa shape index (κ1) is 19.7. The van der Waals surface area contributed by atoms with Crippen LogP contribution in [0.4, 0.5) is 0 Å². The van der Waals surface area contributed by atoms with Crippen LogP contribution in [0.1, 0.15) is 39.7 Å². The van der Waals surface area contributed by atoms with E-state index in [-0.39, 0.29) is 30.1 Å². The highest BCUT2D eigenvalue weighted by Crippen LogP contribution is 2.73. The van der Waals surface area contributed by atoms with Gasteiger partial charge in [-0.1, -0.05) is 61.9 Å². The summed E-state index contributed by atoms with van der Waals surface area (Å²) in [6.45, 7) is 12.5. The van der Waals surface area contributed by atoms with Gasteiger partial charge in [0.15, 0.2) is 5.78 Å². The lowest BCUT2D eigenvalue weighted by Gasteiger charge is -2.61. The zero-order valence-electron chi connectivity index (χ0n) is 18.2. The number of ketones is 1. The summed E-state index contributed by atoms with van der Waals surface area (Å²) >= 11 is 0. The van der Waals surface area contributed by atoms with Crippen LogP contribution in [0.25, 0.3) is 0 Å². The van der Waals surface area contributed by atoms with Crippen molar-refractivity contribution < 1.29 is 19.1 Å². The Morgan fingerprint density at radius 1 is 1.17 bits per heavy atom. The van der Waals surface area contributed by atoms with E-state index >= 15 is 0 Å². The molecule has 158 valence electrons. The van der Waals surface area contributed by atoms with Crippen molar-refractivity contribution in [1.29, 1.82) is 0 Å². The van der Waals surface area contributed by atoms with Gasteiger partial charge in [-0.2, -0.15) is 0 Å². The molecule has 0 bridgehead atoms. The Morgan fingerprint density at radius 3 is 2.50 bits per heavy atom. The summed E-state index contributed by atoms with van der Waals surface area (Å²) in [5.41, 5.74) is -1.09. The van der Waals surface area contributed by atoms with E-state index in [9.17, 15) is 9.59 Å². The van der Waals surface area contributed by atoms with Crippen LogP contribution in [0, 0.1) is 35.0 Å². The van der Waals surface area contributed by atoms with E-state index in [1.165, 1.54) is 5.57 Å². The minimum atomic E-state index is -1.62. The average Bonchev–Trinajstić information content (AvgIpc) is 3.11. The number of hydrogen-bond donors (Lipinski definition) is 0. The maximum Gasteiger partial charge on any atom is 0.347 e. The van der Waals surface area contributed by atoms with Crippen molar-refractivity contribution in [2.75, 3.05) is 6.61 Å². The Balaban J connectivity index is 1.76. The molecule has 0 amide bonds. The van der Waals surface area contributed by atoms with Crippen LogP contribution in [-0.2, 0) is 24.7 Å². The molecule has 0 unspecified atom stereocenters. The molecule has 2 aliphatic carbocycles. The van der Waals surface area contributed by atoms with Crippen LogP contribution in [0.3, 0.4) is 0 Å². The SMILES string of the molecule is C=C[C@@]1(C)COC(=O)[C@]12O[C@]1(c3ccccc3)[C@H](C2=O)[C@@H]2[C@H]1C(C)=CC[C@H]2C(C)C. The number of benzene rings is 1. The van der Waals surface area contributed by atoms with Gasteiger partial charge in [0, 0.05) is 5.92 Å². The van der Waals surface area contributed by atoms with E-state index in [2.05, 4.69) is 33.4 Å². The number of ether oxygens (including phenoxy) is 2. The van der Waals surface area contributed by atoms with E-state index in [0.29, 0.717) is 11.8 Å². The zero-order chi connectivity index (χ0) is 21.5. The normalized spacial score (nSPS) is 44.4. The lowest BCUT2D eigenvalue weighted by Crippen LogP contribution is -2.63. The molecular formula is C26H30O4. The molecule has 4 nitrogen and oxygen atoms in total. The molecule has 4 aliphatic rings. The fraction of sp³-hybridized carbons (Fsp3) is 0.538. The molecule has 0 radical (unpaired) electrons. The number of esters is 1. The predicted molar refractivity (Wildman–Crippen MR) is 113 cm³/mol. The summed E-state index contributed by atoms with van der Waals surface area (Å²) in [5, 5.41) is 0. The monoisotopic (exact) mass is 406 g/mol. The fourth-order valence-electron chi connectivity index (χ4n) is 6.83. The molecule has 2 saturated heterocycles. The van der Waals surface area contributed by atoms with E-state index < -0.39 is 22.6 Å². The highest BCUT2D eigenvalue weighted by molar-refractivity contribution is 6.13. The molecule has 4 heteroatoms. The van der Waals surface area contributed by atoms with Crippen molar-refractivity contribution in [3.8, 4) is 0 Å². The third-order valence-corrected chi connectivity index (χ3v) is 8.47.